The molecule has 7 heteroatoms. The molecule has 0 aromatic heterocycles. The van der Waals surface area contributed by atoms with E-state index in [2.05, 4.69) is 27.9 Å². The first kappa shape index (κ1) is 17.2. The number of anilines is 1. The summed E-state index contributed by atoms with van der Waals surface area (Å²) in [5.74, 6) is -0.289. The van der Waals surface area contributed by atoms with Crippen molar-refractivity contribution < 1.29 is 13.2 Å². The number of carbonyl (C=O) groups excluding carboxylic acids is 1. The van der Waals surface area contributed by atoms with Crippen LogP contribution in [0.4, 0.5) is 5.69 Å². The topological polar surface area (TPSA) is 66.5 Å². The van der Waals surface area contributed by atoms with Crippen molar-refractivity contribution in [2.45, 2.75) is 19.8 Å². The lowest BCUT2D eigenvalue weighted by atomic mass is 10.3. The van der Waals surface area contributed by atoms with Crippen molar-refractivity contribution in [3.05, 3.63) is 27.8 Å². The molecule has 0 saturated carbocycles. The third-order valence-electron chi connectivity index (χ3n) is 2.65. The zero-order valence-electron chi connectivity index (χ0n) is 11.6. The number of hydrogen-bond donors (Lipinski definition) is 1. The predicted molar refractivity (Wildman–Crippen MR) is 89.3 cm³/mol. The van der Waals surface area contributed by atoms with Crippen LogP contribution in [0.3, 0.4) is 0 Å². The second-order valence-electron chi connectivity index (χ2n) is 4.45. The first-order valence-electron chi connectivity index (χ1n) is 6.34. The minimum atomic E-state index is -3.49. The summed E-state index contributed by atoms with van der Waals surface area (Å²) in [6.07, 6.45) is 2.96. The molecule has 112 valence electrons. The number of hydrogen-bond acceptors (Lipinski definition) is 3. The van der Waals surface area contributed by atoms with Crippen LogP contribution in [0.5, 0.6) is 0 Å². The Morgan fingerprint density at radius 3 is 2.40 bits per heavy atom. The van der Waals surface area contributed by atoms with Crippen LogP contribution < -0.4 is 9.62 Å². The van der Waals surface area contributed by atoms with Gasteiger partial charge in [0.25, 0.3) is 0 Å². The van der Waals surface area contributed by atoms with Crippen LogP contribution in [0.15, 0.2) is 24.3 Å². The second-order valence-corrected chi connectivity index (χ2v) is 7.60. The van der Waals surface area contributed by atoms with Crippen molar-refractivity contribution >= 4 is 44.2 Å². The Morgan fingerprint density at radius 2 is 1.90 bits per heavy atom. The lowest BCUT2D eigenvalue weighted by Gasteiger charge is -2.21. The molecule has 0 spiro atoms. The zero-order chi connectivity index (χ0) is 15.2. The lowest BCUT2D eigenvalue weighted by molar-refractivity contribution is -0.119. The summed E-state index contributed by atoms with van der Waals surface area (Å²) >= 11 is 2.14. The van der Waals surface area contributed by atoms with E-state index in [9.17, 15) is 13.2 Å². The quantitative estimate of drug-likeness (QED) is 0.552. The molecule has 5 nitrogen and oxygen atoms in total. The molecule has 0 atom stereocenters. The van der Waals surface area contributed by atoms with Gasteiger partial charge < -0.3 is 5.32 Å². The van der Waals surface area contributed by atoms with Gasteiger partial charge in [-0.2, -0.15) is 0 Å². The van der Waals surface area contributed by atoms with Crippen LogP contribution in [0.1, 0.15) is 19.8 Å². The van der Waals surface area contributed by atoms with Gasteiger partial charge in [0, 0.05) is 10.1 Å². The molecule has 0 aliphatic carbocycles. The molecule has 0 saturated heterocycles. The van der Waals surface area contributed by atoms with Crippen molar-refractivity contribution in [3.8, 4) is 0 Å². The van der Waals surface area contributed by atoms with Gasteiger partial charge in [0.1, 0.15) is 6.54 Å². The Kier molecular flexibility index (Phi) is 6.74. The molecular formula is C13H19IN2O3S. The summed E-state index contributed by atoms with van der Waals surface area (Å²) in [5, 5.41) is 2.72. The van der Waals surface area contributed by atoms with Gasteiger partial charge in [-0.1, -0.05) is 13.3 Å². The number of benzene rings is 1. The number of amides is 1. The van der Waals surface area contributed by atoms with Gasteiger partial charge in [0.15, 0.2) is 0 Å². The summed E-state index contributed by atoms with van der Waals surface area (Å²) in [6.45, 7) is 2.41. The number of unbranched alkanes of at least 4 members (excludes halogenated alkanes) is 1. The van der Waals surface area contributed by atoms with E-state index in [0.717, 1.165) is 27.0 Å². The van der Waals surface area contributed by atoms with Gasteiger partial charge in [-0.05, 0) is 53.3 Å². The molecule has 0 aliphatic heterocycles. The maximum absolute atomic E-state index is 11.8. The highest BCUT2D eigenvalue weighted by Crippen LogP contribution is 2.18. The molecule has 0 heterocycles. The standard InChI is InChI=1S/C13H19IN2O3S/c1-3-4-9-15-13(17)10-16(20(2,18)19)12-7-5-11(14)6-8-12/h5-8H,3-4,9-10H2,1-2H3,(H,15,17). The van der Waals surface area contributed by atoms with Crippen LogP contribution in [-0.4, -0.2) is 33.7 Å². The van der Waals surface area contributed by atoms with E-state index in [-0.39, 0.29) is 12.5 Å². The van der Waals surface area contributed by atoms with E-state index in [1.165, 1.54) is 0 Å². The predicted octanol–water partition coefficient (Wildman–Crippen LogP) is 1.97. The third kappa shape index (κ3) is 5.66. The fraction of sp³-hybridized carbons (Fsp3) is 0.462. The smallest absolute Gasteiger partial charge is 0.240 e. The van der Waals surface area contributed by atoms with Gasteiger partial charge in [0.2, 0.25) is 15.9 Å². The van der Waals surface area contributed by atoms with Crippen molar-refractivity contribution in [3.63, 3.8) is 0 Å². The Balaban J connectivity index is 2.81. The summed E-state index contributed by atoms with van der Waals surface area (Å²) in [4.78, 5) is 11.8. The Morgan fingerprint density at radius 1 is 1.30 bits per heavy atom. The van der Waals surface area contributed by atoms with Gasteiger partial charge in [-0.3, -0.25) is 9.10 Å². The van der Waals surface area contributed by atoms with Crippen molar-refractivity contribution in [2.24, 2.45) is 0 Å². The van der Waals surface area contributed by atoms with E-state index in [1.807, 2.05) is 19.1 Å². The monoisotopic (exact) mass is 410 g/mol. The summed E-state index contributed by atoms with van der Waals surface area (Å²) < 4.78 is 25.8. The Hall–Kier alpha value is -0.830. The SMILES string of the molecule is CCCCNC(=O)CN(c1ccc(I)cc1)S(C)(=O)=O. The number of nitrogens with zero attached hydrogens (tertiary/aromatic N) is 1. The molecule has 20 heavy (non-hydrogen) atoms. The molecule has 0 fully saturated rings. The maximum Gasteiger partial charge on any atom is 0.240 e. The number of sulfonamides is 1. The fourth-order valence-electron chi connectivity index (χ4n) is 1.60. The summed E-state index contributed by atoms with van der Waals surface area (Å²) in [7, 11) is -3.49. The van der Waals surface area contributed by atoms with E-state index < -0.39 is 10.0 Å². The second kappa shape index (κ2) is 7.82. The van der Waals surface area contributed by atoms with Crippen molar-refractivity contribution in [1.29, 1.82) is 0 Å². The van der Waals surface area contributed by atoms with Gasteiger partial charge in [-0.15, -0.1) is 0 Å². The van der Waals surface area contributed by atoms with E-state index in [0.29, 0.717) is 12.2 Å². The molecule has 0 radical (unpaired) electrons. The first-order chi connectivity index (χ1) is 9.34. The fourth-order valence-corrected chi connectivity index (χ4v) is 2.81. The number of nitrogens with one attached hydrogen (secondary N) is 1. The minimum absolute atomic E-state index is 0.191. The molecule has 0 unspecified atom stereocenters. The van der Waals surface area contributed by atoms with E-state index >= 15 is 0 Å². The molecule has 1 N–H and O–H groups in total. The Labute approximate surface area is 133 Å². The van der Waals surface area contributed by atoms with E-state index in [1.54, 1.807) is 12.1 Å². The summed E-state index contributed by atoms with van der Waals surface area (Å²) in [6, 6.07) is 7.01. The number of rotatable bonds is 7. The van der Waals surface area contributed by atoms with Gasteiger partial charge >= 0.3 is 0 Å². The van der Waals surface area contributed by atoms with Crippen LogP contribution in [0.2, 0.25) is 0 Å². The lowest BCUT2D eigenvalue weighted by Crippen LogP contribution is -2.40. The van der Waals surface area contributed by atoms with Crippen molar-refractivity contribution in [1.82, 2.24) is 5.32 Å². The van der Waals surface area contributed by atoms with E-state index in [4.69, 9.17) is 0 Å². The Bertz CT molecular complexity index is 543. The molecule has 1 rings (SSSR count). The minimum Gasteiger partial charge on any atom is -0.355 e. The van der Waals surface area contributed by atoms with Crippen LogP contribution in [-0.2, 0) is 14.8 Å². The average molecular weight is 410 g/mol. The third-order valence-corrected chi connectivity index (χ3v) is 4.51. The first-order valence-corrected chi connectivity index (χ1v) is 9.27. The highest BCUT2D eigenvalue weighted by molar-refractivity contribution is 14.1. The van der Waals surface area contributed by atoms with Crippen LogP contribution in [0.25, 0.3) is 0 Å². The normalized spacial score (nSPS) is 11.2. The molecule has 0 bridgehead atoms. The van der Waals surface area contributed by atoms with Gasteiger partial charge in [-0.25, -0.2) is 8.42 Å². The average Bonchev–Trinajstić information content (AvgIpc) is 2.36. The maximum atomic E-state index is 11.8. The molecule has 1 aromatic carbocycles. The highest BCUT2D eigenvalue weighted by Gasteiger charge is 2.20. The van der Waals surface area contributed by atoms with Gasteiger partial charge in [0.05, 0.1) is 11.9 Å². The van der Waals surface area contributed by atoms with Crippen molar-refractivity contribution in [2.75, 3.05) is 23.7 Å². The molecular weight excluding hydrogens is 391 g/mol. The largest absolute Gasteiger partial charge is 0.355 e. The zero-order valence-corrected chi connectivity index (χ0v) is 14.6. The molecule has 0 aliphatic rings. The number of halogens is 1. The molecule has 1 amide bonds. The number of carbonyl (C=O) groups is 1. The molecule has 1 aromatic rings. The van der Waals surface area contributed by atoms with Crippen LogP contribution >= 0.6 is 22.6 Å². The summed E-state index contributed by atoms with van der Waals surface area (Å²) in [5.41, 5.74) is 0.499. The highest BCUT2D eigenvalue weighted by atomic mass is 127. The van der Waals surface area contributed by atoms with Crippen LogP contribution in [0, 0.1) is 3.57 Å².